The first-order valence-corrected chi connectivity index (χ1v) is 8.55. The number of carbonyl (C=O) groups is 2. The zero-order valence-corrected chi connectivity index (χ0v) is 13.5. The third-order valence-corrected chi connectivity index (χ3v) is 4.94. The Balaban J connectivity index is 1.91. The molecule has 0 saturated carbocycles. The van der Waals surface area contributed by atoms with E-state index in [0.717, 1.165) is 23.4 Å². The molecule has 0 radical (unpaired) electrons. The Hall–Kier alpha value is -2.27. The van der Waals surface area contributed by atoms with Gasteiger partial charge in [0.05, 0.1) is 11.3 Å². The summed E-state index contributed by atoms with van der Waals surface area (Å²) in [7, 11) is 0. The molecule has 0 bridgehead atoms. The van der Waals surface area contributed by atoms with Crippen molar-refractivity contribution < 1.29 is 9.59 Å². The summed E-state index contributed by atoms with van der Waals surface area (Å²) in [5, 5.41) is 0. The molecule has 0 aromatic heterocycles. The molecule has 1 aliphatic heterocycles. The summed E-state index contributed by atoms with van der Waals surface area (Å²) in [6.07, 6.45) is 1.96. The Morgan fingerprint density at radius 3 is 2.65 bits per heavy atom. The van der Waals surface area contributed by atoms with E-state index >= 15 is 0 Å². The van der Waals surface area contributed by atoms with Crippen molar-refractivity contribution >= 4 is 29.3 Å². The highest BCUT2D eigenvalue weighted by atomic mass is 32.2. The van der Waals surface area contributed by atoms with E-state index in [2.05, 4.69) is 6.07 Å². The Bertz CT molecular complexity index is 745. The largest absolute Gasteiger partial charge is 0.369 e. The number of anilines is 1. The normalized spacial score (nSPS) is 13.5. The fourth-order valence-corrected chi connectivity index (χ4v) is 3.59. The molecule has 0 spiro atoms. The van der Waals surface area contributed by atoms with Gasteiger partial charge in [0.1, 0.15) is 0 Å². The van der Waals surface area contributed by atoms with Crippen LogP contribution in [0.1, 0.15) is 22.3 Å². The molecule has 3 rings (SSSR count). The summed E-state index contributed by atoms with van der Waals surface area (Å²) in [5.41, 5.74) is 8.03. The Kier molecular flexibility index (Phi) is 4.67. The van der Waals surface area contributed by atoms with E-state index in [1.165, 1.54) is 17.3 Å². The van der Waals surface area contributed by atoms with Crippen LogP contribution in [0.15, 0.2) is 53.4 Å². The molecule has 1 heterocycles. The van der Waals surface area contributed by atoms with Gasteiger partial charge in [0.15, 0.2) is 0 Å². The number of rotatable bonds is 4. The number of nitrogens with two attached hydrogens (primary N) is 1. The average molecular weight is 326 g/mol. The Labute approximate surface area is 139 Å². The van der Waals surface area contributed by atoms with Crippen LogP contribution < -0.4 is 10.6 Å². The van der Waals surface area contributed by atoms with Gasteiger partial charge in [-0.05, 0) is 36.6 Å². The molecule has 4 nitrogen and oxygen atoms in total. The second kappa shape index (κ2) is 6.87. The van der Waals surface area contributed by atoms with Crippen LogP contribution in [0.5, 0.6) is 0 Å². The van der Waals surface area contributed by atoms with Gasteiger partial charge in [0.2, 0.25) is 5.91 Å². The first-order valence-electron chi connectivity index (χ1n) is 7.56. The minimum absolute atomic E-state index is 0.0234. The van der Waals surface area contributed by atoms with E-state index < -0.39 is 0 Å². The maximum Gasteiger partial charge on any atom is 0.259 e. The first kappa shape index (κ1) is 15.6. The lowest BCUT2D eigenvalue weighted by molar-refractivity contribution is -0.115. The monoisotopic (exact) mass is 326 g/mol. The van der Waals surface area contributed by atoms with Crippen molar-refractivity contribution in [3.63, 3.8) is 0 Å². The third-order valence-electron chi connectivity index (χ3n) is 3.84. The molecule has 2 aromatic carbocycles. The van der Waals surface area contributed by atoms with Gasteiger partial charge in [-0.1, -0.05) is 30.3 Å². The van der Waals surface area contributed by atoms with Crippen molar-refractivity contribution in [2.45, 2.75) is 17.7 Å². The van der Waals surface area contributed by atoms with Crippen LogP contribution >= 0.6 is 11.8 Å². The maximum atomic E-state index is 13.0. The minimum atomic E-state index is -0.388. The van der Waals surface area contributed by atoms with E-state index in [1.807, 2.05) is 47.4 Å². The number of amides is 2. The summed E-state index contributed by atoms with van der Waals surface area (Å²) in [4.78, 5) is 26.7. The number of nitrogens with zero attached hydrogens (tertiary/aromatic N) is 1. The first-order chi connectivity index (χ1) is 11.2. The predicted molar refractivity (Wildman–Crippen MR) is 92.8 cm³/mol. The van der Waals surface area contributed by atoms with Gasteiger partial charge in [-0.3, -0.25) is 9.59 Å². The molecule has 2 amide bonds. The molecular weight excluding hydrogens is 308 g/mol. The molecule has 2 aromatic rings. The lowest BCUT2D eigenvalue weighted by Crippen LogP contribution is -2.35. The van der Waals surface area contributed by atoms with Crippen molar-refractivity contribution in [1.29, 1.82) is 0 Å². The van der Waals surface area contributed by atoms with Crippen molar-refractivity contribution in [1.82, 2.24) is 0 Å². The highest BCUT2D eigenvalue weighted by molar-refractivity contribution is 8.00. The van der Waals surface area contributed by atoms with Gasteiger partial charge in [-0.15, -0.1) is 11.8 Å². The summed E-state index contributed by atoms with van der Waals surface area (Å²) < 4.78 is 0. The second-order valence-corrected chi connectivity index (χ2v) is 6.46. The van der Waals surface area contributed by atoms with Crippen LogP contribution in [0.2, 0.25) is 0 Å². The highest BCUT2D eigenvalue weighted by Crippen LogP contribution is 2.30. The molecule has 0 saturated heterocycles. The van der Waals surface area contributed by atoms with E-state index in [9.17, 15) is 9.59 Å². The van der Waals surface area contributed by atoms with Crippen LogP contribution in [-0.2, 0) is 11.2 Å². The number of primary amides is 1. The van der Waals surface area contributed by atoms with Gasteiger partial charge in [0.25, 0.3) is 5.91 Å². The van der Waals surface area contributed by atoms with E-state index in [1.54, 1.807) is 0 Å². The fraction of sp³-hybridized carbons (Fsp3) is 0.222. The zero-order chi connectivity index (χ0) is 16.2. The van der Waals surface area contributed by atoms with E-state index in [4.69, 9.17) is 5.73 Å². The number of fused-ring (bicyclic) bond motifs is 1. The van der Waals surface area contributed by atoms with Crippen LogP contribution in [0.25, 0.3) is 0 Å². The summed E-state index contributed by atoms with van der Waals surface area (Å²) in [5.74, 6) is -0.244. The van der Waals surface area contributed by atoms with Gasteiger partial charge >= 0.3 is 0 Å². The Morgan fingerprint density at radius 2 is 1.83 bits per heavy atom. The Morgan fingerprint density at radius 1 is 1.09 bits per heavy atom. The molecule has 5 heteroatoms. The number of hydrogen-bond acceptors (Lipinski definition) is 3. The second-order valence-electron chi connectivity index (χ2n) is 5.44. The average Bonchev–Trinajstić information content (AvgIpc) is 2.59. The molecule has 1 aliphatic rings. The standard InChI is InChI=1S/C18H18N2O2S/c19-17(21)12-23-16-10-4-2-8-14(16)18(22)20-11-5-7-13-6-1-3-9-15(13)20/h1-4,6,8-10H,5,7,11-12H2,(H2,19,21). The number of para-hydroxylation sites is 1. The lowest BCUT2D eigenvalue weighted by Gasteiger charge is -2.30. The molecule has 0 fully saturated rings. The minimum Gasteiger partial charge on any atom is -0.369 e. The maximum absolute atomic E-state index is 13.0. The van der Waals surface area contributed by atoms with Crippen LogP contribution in [-0.4, -0.2) is 24.1 Å². The number of thioether (sulfide) groups is 1. The topological polar surface area (TPSA) is 63.4 Å². The molecule has 0 unspecified atom stereocenters. The molecule has 0 aliphatic carbocycles. The summed E-state index contributed by atoms with van der Waals surface area (Å²) in [6.45, 7) is 0.713. The van der Waals surface area contributed by atoms with Gasteiger partial charge in [0, 0.05) is 17.1 Å². The summed E-state index contributed by atoms with van der Waals surface area (Å²) >= 11 is 1.31. The predicted octanol–water partition coefficient (Wildman–Crippen LogP) is 2.86. The van der Waals surface area contributed by atoms with Crippen LogP contribution in [0.3, 0.4) is 0 Å². The van der Waals surface area contributed by atoms with Crippen molar-refractivity contribution in [2.24, 2.45) is 5.73 Å². The zero-order valence-electron chi connectivity index (χ0n) is 12.7. The SMILES string of the molecule is NC(=O)CSc1ccccc1C(=O)N1CCCc2ccccc21. The molecule has 2 N–H and O–H groups in total. The third kappa shape index (κ3) is 3.40. The van der Waals surface area contributed by atoms with Crippen molar-refractivity contribution in [3.8, 4) is 0 Å². The highest BCUT2D eigenvalue weighted by Gasteiger charge is 2.24. The van der Waals surface area contributed by atoms with Crippen molar-refractivity contribution in [2.75, 3.05) is 17.2 Å². The summed E-state index contributed by atoms with van der Waals surface area (Å²) in [6, 6.07) is 15.4. The fourth-order valence-electron chi connectivity index (χ4n) is 2.81. The van der Waals surface area contributed by atoms with E-state index in [0.29, 0.717) is 12.1 Å². The van der Waals surface area contributed by atoms with Crippen LogP contribution in [0, 0.1) is 0 Å². The van der Waals surface area contributed by atoms with Gasteiger partial charge in [-0.25, -0.2) is 0 Å². The quantitative estimate of drug-likeness (QED) is 0.879. The molecule has 118 valence electrons. The number of hydrogen-bond donors (Lipinski definition) is 1. The van der Waals surface area contributed by atoms with Gasteiger partial charge in [-0.2, -0.15) is 0 Å². The van der Waals surface area contributed by atoms with Gasteiger partial charge < -0.3 is 10.6 Å². The van der Waals surface area contributed by atoms with Crippen molar-refractivity contribution in [3.05, 3.63) is 59.7 Å². The number of benzene rings is 2. The molecule has 0 atom stereocenters. The molecule has 23 heavy (non-hydrogen) atoms. The van der Waals surface area contributed by atoms with Crippen LogP contribution in [0.4, 0.5) is 5.69 Å². The lowest BCUT2D eigenvalue weighted by atomic mass is 10.0. The molecular formula is C18H18N2O2S. The number of carbonyl (C=O) groups excluding carboxylic acids is 2. The van der Waals surface area contributed by atoms with E-state index in [-0.39, 0.29) is 17.6 Å². The smallest absolute Gasteiger partial charge is 0.259 e. The number of aryl methyl sites for hydroxylation is 1.